The maximum atomic E-state index is 16.7. The second kappa shape index (κ2) is 15.6. The number of alkyl halides is 2. The van der Waals surface area contributed by atoms with Gasteiger partial charge in [-0.2, -0.15) is 8.78 Å². The predicted molar refractivity (Wildman–Crippen MR) is 235 cm³/mol. The number of halogens is 2. The third-order valence-electron chi connectivity index (χ3n) is 14.5. The number of imidazole rings is 2. The van der Waals surface area contributed by atoms with Crippen LogP contribution < -0.4 is 10.6 Å². The number of nitrogens with zero attached hydrogens (tertiary/aromatic N) is 4. The van der Waals surface area contributed by atoms with Gasteiger partial charge >= 0.3 is 12.2 Å². The fourth-order valence-electron chi connectivity index (χ4n) is 10.9. The van der Waals surface area contributed by atoms with Crippen molar-refractivity contribution in [2.24, 2.45) is 23.2 Å². The number of ether oxygens (including phenoxy) is 2. The summed E-state index contributed by atoms with van der Waals surface area (Å²) in [6.07, 6.45) is 5.67. The number of carbonyl (C=O) groups excluding carboxylic acids is 4. The lowest BCUT2D eigenvalue weighted by molar-refractivity contribution is -0.139. The summed E-state index contributed by atoms with van der Waals surface area (Å²) in [5.74, 6) is -2.68. The van der Waals surface area contributed by atoms with Gasteiger partial charge in [0.2, 0.25) is 11.8 Å². The van der Waals surface area contributed by atoms with Gasteiger partial charge in [0.15, 0.2) is 0 Å². The third kappa shape index (κ3) is 7.14. The van der Waals surface area contributed by atoms with Crippen LogP contribution in [-0.2, 0) is 25.0 Å². The van der Waals surface area contributed by atoms with Gasteiger partial charge in [-0.05, 0) is 103 Å². The standard InChI is InChI=1S/C49H52F2N8O6/c1-24(2)39(56-46(62)64-5)44(60)58-23-48(15-16-48)21-38(58)42-52-22-37(55-42)28-9-13-32-31-12-8-26(18-33(31)49(50,51)34(32)19-28)27-10-14-35-36(20-27)54-43(53-35)41-29-7-11-30(17-29)59(41)45(61)40(25(3)4)57-47(63)65-6/h8-9,12-13,18-20,22,24-25,29-30,38-41H,7,11,15-17,21,23H2,1-6H3,(H,52,55)(H,53,54)(H,56,62)(H,57,63). The molecule has 4 N–H and O–H groups in total. The van der Waals surface area contributed by atoms with Crippen LogP contribution in [0.5, 0.6) is 0 Å². The largest absolute Gasteiger partial charge is 0.453 e. The van der Waals surface area contributed by atoms with E-state index in [9.17, 15) is 19.2 Å². The minimum atomic E-state index is -3.31. The van der Waals surface area contributed by atoms with Gasteiger partial charge in [-0.1, -0.05) is 58.0 Å². The van der Waals surface area contributed by atoms with E-state index in [2.05, 4.69) is 32.7 Å². The number of hydrogen-bond acceptors (Lipinski definition) is 8. The second-order valence-electron chi connectivity index (χ2n) is 19.3. The van der Waals surface area contributed by atoms with E-state index in [4.69, 9.17) is 19.4 Å². The summed E-state index contributed by atoms with van der Waals surface area (Å²) in [7, 11) is 2.53. The highest BCUT2D eigenvalue weighted by Gasteiger charge is 2.56. The first-order valence-electron chi connectivity index (χ1n) is 22.5. The maximum absolute atomic E-state index is 16.7. The number of hydrogen-bond donors (Lipinski definition) is 4. The maximum Gasteiger partial charge on any atom is 0.407 e. The van der Waals surface area contributed by atoms with Crippen molar-refractivity contribution < 1.29 is 37.4 Å². The molecule has 4 amide bonds. The van der Waals surface area contributed by atoms with Gasteiger partial charge in [-0.25, -0.2) is 19.6 Å². The van der Waals surface area contributed by atoms with Crippen LogP contribution in [0.3, 0.4) is 0 Å². The van der Waals surface area contributed by atoms with Gasteiger partial charge in [-0.15, -0.1) is 0 Å². The van der Waals surface area contributed by atoms with E-state index in [-0.39, 0.29) is 64.2 Å². The lowest BCUT2D eigenvalue weighted by Crippen LogP contribution is -2.54. The van der Waals surface area contributed by atoms with Gasteiger partial charge < -0.3 is 39.9 Å². The lowest BCUT2D eigenvalue weighted by atomic mass is 9.95. The fraction of sp³-hybridized carbons (Fsp3) is 0.469. The van der Waals surface area contributed by atoms with E-state index in [1.54, 1.807) is 41.4 Å². The molecule has 2 saturated heterocycles. The molecular formula is C49H52F2N8O6. The van der Waals surface area contributed by atoms with E-state index in [1.807, 2.05) is 32.6 Å². The monoisotopic (exact) mass is 886 g/mol. The van der Waals surface area contributed by atoms with Crippen LogP contribution in [0.4, 0.5) is 18.4 Å². The highest BCUT2D eigenvalue weighted by molar-refractivity contribution is 5.89. The third-order valence-corrected chi connectivity index (χ3v) is 14.5. The normalized spacial score (nSPS) is 22.8. The first-order valence-corrected chi connectivity index (χ1v) is 22.5. The summed E-state index contributed by atoms with van der Waals surface area (Å²) in [4.78, 5) is 72.4. The van der Waals surface area contributed by atoms with Crippen LogP contribution in [0.1, 0.15) is 101 Å². The molecule has 6 atom stereocenters. The Bertz CT molecular complexity index is 2740. The molecule has 3 aliphatic carbocycles. The number of benzene rings is 2. The van der Waals surface area contributed by atoms with Gasteiger partial charge in [0.05, 0.1) is 43.7 Å². The molecule has 4 fully saturated rings. The van der Waals surface area contributed by atoms with Crippen molar-refractivity contribution in [1.82, 2.24) is 40.4 Å². The Kier molecular flexibility index (Phi) is 10.2. The summed E-state index contributed by atoms with van der Waals surface area (Å²) < 4.78 is 42.9. The number of aromatic amines is 2. The zero-order valence-corrected chi connectivity index (χ0v) is 37.2. The Labute approximate surface area is 375 Å². The van der Waals surface area contributed by atoms with Gasteiger partial charge in [0.25, 0.3) is 5.92 Å². The zero-order chi connectivity index (χ0) is 45.7. The molecule has 3 aromatic carbocycles. The van der Waals surface area contributed by atoms with E-state index in [1.165, 1.54) is 26.4 Å². The van der Waals surface area contributed by atoms with Crippen LogP contribution in [0, 0.1) is 35.3 Å². The van der Waals surface area contributed by atoms with Crippen molar-refractivity contribution in [2.75, 3.05) is 20.8 Å². The summed E-state index contributed by atoms with van der Waals surface area (Å²) in [6, 6.07) is 16.0. The Morgan fingerprint density at radius 2 is 1.48 bits per heavy atom. The quantitative estimate of drug-likeness (QED) is 0.109. The Balaban J connectivity index is 0.896. The molecule has 65 heavy (non-hydrogen) atoms. The second-order valence-corrected chi connectivity index (χ2v) is 19.3. The highest BCUT2D eigenvalue weighted by atomic mass is 19.3. The number of piperidine rings is 1. The minimum absolute atomic E-state index is 0.00581. The topological polar surface area (TPSA) is 175 Å². The molecule has 2 saturated carbocycles. The van der Waals surface area contributed by atoms with Crippen LogP contribution in [0.15, 0.2) is 48.7 Å². The molecule has 2 aromatic heterocycles. The number of H-pyrrole nitrogens is 2. The number of amides is 4. The van der Waals surface area contributed by atoms with Crippen LogP contribution in [-0.4, -0.2) is 92.6 Å². The molecule has 5 aliphatic rings. The lowest BCUT2D eigenvalue weighted by Gasteiger charge is -2.37. The summed E-state index contributed by atoms with van der Waals surface area (Å²) in [6.45, 7) is 8.06. The minimum Gasteiger partial charge on any atom is -0.453 e. The number of likely N-dealkylation sites (tertiary alicyclic amines) is 2. The molecular weight excluding hydrogens is 835 g/mol. The smallest absolute Gasteiger partial charge is 0.407 e. The number of alkyl carbamates (subject to hydrolysis) is 2. The van der Waals surface area contributed by atoms with Gasteiger partial charge in [0, 0.05) is 34.8 Å². The predicted octanol–water partition coefficient (Wildman–Crippen LogP) is 8.21. The van der Waals surface area contributed by atoms with E-state index in [0.717, 1.165) is 38.5 Å². The first kappa shape index (κ1) is 42.5. The molecule has 1 spiro atoms. The molecule has 14 nitrogen and oxygen atoms in total. The number of fused-ring (bicyclic) bond motifs is 6. The molecule has 0 radical (unpaired) electrons. The number of aromatic nitrogens is 4. The molecule has 6 unspecified atom stereocenters. The number of methoxy groups -OCH3 is 2. The van der Waals surface area contributed by atoms with Crippen molar-refractivity contribution in [3.8, 4) is 33.5 Å². The molecule has 2 aliphatic heterocycles. The molecule has 4 heterocycles. The van der Waals surface area contributed by atoms with Crippen molar-refractivity contribution in [1.29, 1.82) is 0 Å². The van der Waals surface area contributed by atoms with Crippen LogP contribution >= 0.6 is 0 Å². The highest BCUT2D eigenvalue weighted by Crippen LogP contribution is 2.59. The summed E-state index contributed by atoms with van der Waals surface area (Å²) in [5.41, 5.74) is 4.00. The average molecular weight is 887 g/mol. The van der Waals surface area contributed by atoms with Crippen LogP contribution in [0.2, 0.25) is 0 Å². The molecule has 2 bridgehead atoms. The number of carbonyl (C=O) groups is 4. The average Bonchev–Trinajstić information content (AvgIpc) is 3.95. The zero-order valence-electron chi connectivity index (χ0n) is 37.2. The molecule has 10 rings (SSSR count). The first-order chi connectivity index (χ1) is 31.1. The van der Waals surface area contributed by atoms with Gasteiger partial charge in [0.1, 0.15) is 29.2 Å². The molecule has 338 valence electrons. The molecule has 5 aromatic rings. The van der Waals surface area contributed by atoms with E-state index < -0.39 is 30.2 Å². The van der Waals surface area contributed by atoms with E-state index in [0.29, 0.717) is 62.7 Å². The van der Waals surface area contributed by atoms with Crippen molar-refractivity contribution >= 4 is 35.0 Å². The van der Waals surface area contributed by atoms with Gasteiger partial charge in [-0.3, -0.25) is 9.59 Å². The summed E-state index contributed by atoms with van der Waals surface area (Å²) in [5, 5.41) is 5.42. The summed E-state index contributed by atoms with van der Waals surface area (Å²) >= 11 is 0. The number of rotatable bonds is 10. The number of nitrogens with one attached hydrogen (secondary N) is 4. The Morgan fingerprint density at radius 1 is 0.831 bits per heavy atom. The van der Waals surface area contributed by atoms with E-state index >= 15 is 8.78 Å². The molecule has 16 heteroatoms. The van der Waals surface area contributed by atoms with Crippen molar-refractivity contribution in [3.63, 3.8) is 0 Å². The fourth-order valence-corrected chi connectivity index (χ4v) is 10.9. The van der Waals surface area contributed by atoms with Crippen molar-refractivity contribution in [2.45, 2.75) is 102 Å². The Hall–Kier alpha value is -6.50. The van der Waals surface area contributed by atoms with Crippen LogP contribution in [0.25, 0.3) is 44.5 Å². The van der Waals surface area contributed by atoms with Crippen molar-refractivity contribution in [3.05, 3.63) is 83.6 Å². The Morgan fingerprint density at radius 3 is 2.12 bits per heavy atom. The SMILES string of the molecule is COC(=O)NC(C(=O)N1CC2(CC2)CC1c1ncc(-c2ccc3c(c2)C(F)(F)c2cc(-c4c#cc5[nH]c(C6C7CCC(C7)N6C(=O)C(NC(=O)OC)C(C)C)nc5c4)ccc2-3)[nH]1)C(C)C.